The fourth-order valence-corrected chi connectivity index (χ4v) is 2.27. The van der Waals surface area contributed by atoms with E-state index in [2.05, 4.69) is 40.8 Å². The van der Waals surface area contributed by atoms with Gasteiger partial charge in [-0.3, -0.25) is 0 Å². The van der Waals surface area contributed by atoms with Crippen molar-refractivity contribution in [3.8, 4) is 5.75 Å². The summed E-state index contributed by atoms with van der Waals surface area (Å²) >= 11 is 2.30. The van der Waals surface area contributed by atoms with Crippen molar-refractivity contribution in [1.29, 1.82) is 0 Å². The molecule has 0 unspecified atom stereocenters. The Morgan fingerprint density at radius 2 is 1.93 bits per heavy atom. The lowest BCUT2D eigenvalue weighted by Gasteiger charge is -2.09. The van der Waals surface area contributed by atoms with Gasteiger partial charge in [-0.2, -0.15) is 0 Å². The number of halogens is 1. The number of hydrogen-bond donors (Lipinski definition) is 0. The molecule has 0 saturated heterocycles. The van der Waals surface area contributed by atoms with Crippen molar-refractivity contribution in [3.05, 3.63) is 40.0 Å². The van der Waals surface area contributed by atoms with Gasteiger partial charge >= 0.3 is 0 Å². The van der Waals surface area contributed by atoms with Crippen LogP contribution in [0, 0.1) is 3.57 Å². The SMILES string of the molecule is COCOc1ccc2ccccc2c1I. The molecule has 15 heavy (non-hydrogen) atoms. The van der Waals surface area contributed by atoms with Crippen LogP contribution in [-0.4, -0.2) is 13.9 Å². The Bertz CT molecular complexity index is 468. The molecule has 3 heteroatoms. The number of methoxy groups -OCH3 is 1. The van der Waals surface area contributed by atoms with Gasteiger partial charge in [0.1, 0.15) is 5.75 Å². The average molecular weight is 314 g/mol. The van der Waals surface area contributed by atoms with Crippen LogP contribution in [0.1, 0.15) is 0 Å². The van der Waals surface area contributed by atoms with Gasteiger partial charge < -0.3 is 9.47 Å². The molecule has 2 rings (SSSR count). The third kappa shape index (κ3) is 2.23. The number of rotatable bonds is 3. The molecule has 0 heterocycles. The van der Waals surface area contributed by atoms with E-state index in [1.54, 1.807) is 7.11 Å². The van der Waals surface area contributed by atoms with E-state index >= 15 is 0 Å². The van der Waals surface area contributed by atoms with Crippen molar-refractivity contribution in [3.63, 3.8) is 0 Å². The summed E-state index contributed by atoms with van der Waals surface area (Å²) in [5, 5.41) is 2.44. The van der Waals surface area contributed by atoms with Crippen LogP contribution in [0.25, 0.3) is 10.8 Å². The van der Waals surface area contributed by atoms with Crippen molar-refractivity contribution >= 4 is 33.4 Å². The van der Waals surface area contributed by atoms with Gasteiger partial charge in [0.15, 0.2) is 6.79 Å². The second kappa shape index (κ2) is 4.81. The van der Waals surface area contributed by atoms with E-state index in [-0.39, 0.29) is 6.79 Å². The maximum absolute atomic E-state index is 5.46. The Morgan fingerprint density at radius 3 is 2.73 bits per heavy atom. The monoisotopic (exact) mass is 314 g/mol. The fourth-order valence-electron chi connectivity index (χ4n) is 1.45. The quantitative estimate of drug-likeness (QED) is 0.638. The van der Waals surface area contributed by atoms with E-state index < -0.39 is 0 Å². The lowest BCUT2D eigenvalue weighted by molar-refractivity contribution is 0.0506. The van der Waals surface area contributed by atoms with Crippen LogP contribution in [0.5, 0.6) is 5.75 Å². The molecule has 0 spiro atoms. The number of ether oxygens (including phenoxy) is 2. The molecule has 0 bridgehead atoms. The Hall–Kier alpha value is -0.810. The Kier molecular flexibility index (Phi) is 3.43. The smallest absolute Gasteiger partial charge is 0.188 e. The van der Waals surface area contributed by atoms with Gasteiger partial charge in [0.2, 0.25) is 0 Å². The second-order valence-corrected chi connectivity index (χ2v) is 4.23. The van der Waals surface area contributed by atoms with Gasteiger partial charge in [-0.1, -0.05) is 30.3 Å². The Labute approximate surface area is 102 Å². The fraction of sp³-hybridized carbons (Fsp3) is 0.167. The predicted octanol–water partition coefficient (Wildman–Crippen LogP) is 3.43. The highest BCUT2D eigenvalue weighted by molar-refractivity contribution is 14.1. The predicted molar refractivity (Wildman–Crippen MR) is 69.2 cm³/mol. The summed E-state index contributed by atoms with van der Waals surface area (Å²) in [4.78, 5) is 0. The molecule has 0 aliphatic heterocycles. The molecule has 2 aromatic carbocycles. The molecule has 0 radical (unpaired) electrons. The van der Waals surface area contributed by atoms with Gasteiger partial charge in [0.05, 0.1) is 3.57 Å². The minimum atomic E-state index is 0.286. The van der Waals surface area contributed by atoms with E-state index in [1.807, 2.05) is 18.2 Å². The standard InChI is InChI=1S/C12H11IO2/c1-14-8-15-11-7-6-9-4-2-3-5-10(9)12(11)13/h2-7H,8H2,1H3. The maximum Gasteiger partial charge on any atom is 0.188 e. The van der Waals surface area contributed by atoms with E-state index in [1.165, 1.54) is 10.8 Å². The molecular formula is C12H11IO2. The molecule has 0 aliphatic carbocycles. The number of fused-ring (bicyclic) bond motifs is 1. The zero-order valence-corrected chi connectivity index (χ0v) is 10.5. The third-order valence-electron chi connectivity index (χ3n) is 2.16. The zero-order chi connectivity index (χ0) is 10.7. The molecule has 0 aliphatic rings. The number of benzene rings is 2. The molecule has 0 saturated carbocycles. The van der Waals surface area contributed by atoms with E-state index in [0.717, 1.165) is 9.32 Å². The summed E-state index contributed by atoms with van der Waals surface area (Å²) in [5.41, 5.74) is 0. The Morgan fingerprint density at radius 1 is 1.13 bits per heavy atom. The molecule has 0 fully saturated rings. The Balaban J connectivity index is 2.45. The summed E-state index contributed by atoms with van der Waals surface area (Å²) in [6.07, 6.45) is 0. The minimum Gasteiger partial charge on any atom is -0.466 e. The highest BCUT2D eigenvalue weighted by Gasteiger charge is 2.04. The van der Waals surface area contributed by atoms with E-state index in [0.29, 0.717) is 0 Å². The van der Waals surface area contributed by atoms with E-state index in [9.17, 15) is 0 Å². The first-order valence-corrected chi connectivity index (χ1v) is 5.70. The molecule has 2 nitrogen and oxygen atoms in total. The van der Waals surface area contributed by atoms with Crippen molar-refractivity contribution in [2.45, 2.75) is 0 Å². The summed E-state index contributed by atoms with van der Waals surface area (Å²) in [6, 6.07) is 12.3. The molecule has 0 N–H and O–H groups in total. The first-order valence-electron chi connectivity index (χ1n) is 4.62. The largest absolute Gasteiger partial charge is 0.466 e. The molecule has 78 valence electrons. The average Bonchev–Trinajstić information content (AvgIpc) is 2.29. The topological polar surface area (TPSA) is 18.5 Å². The van der Waals surface area contributed by atoms with Crippen molar-refractivity contribution < 1.29 is 9.47 Å². The lowest BCUT2D eigenvalue weighted by Crippen LogP contribution is -2.00. The van der Waals surface area contributed by atoms with Crippen LogP contribution in [-0.2, 0) is 4.74 Å². The molecule has 2 aromatic rings. The molecule has 0 amide bonds. The highest BCUT2D eigenvalue weighted by atomic mass is 127. The van der Waals surface area contributed by atoms with Crippen molar-refractivity contribution in [2.75, 3.05) is 13.9 Å². The summed E-state index contributed by atoms with van der Waals surface area (Å²) < 4.78 is 11.5. The number of hydrogen-bond acceptors (Lipinski definition) is 2. The van der Waals surface area contributed by atoms with Gasteiger partial charge in [0.25, 0.3) is 0 Å². The van der Waals surface area contributed by atoms with Gasteiger partial charge in [0, 0.05) is 7.11 Å². The van der Waals surface area contributed by atoms with Gasteiger partial charge in [-0.25, -0.2) is 0 Å². The van der Waals surface area contributed by atoms with E-state index in [4.69, 9.17) is 9.47 Å². The first kappa shape index (κ1) is 10.7. The summed E-state index contributed by atoms with van der Waals surface area (Å²) in [5.74, 6) is 0.871. The molecular weight excluding hydrogens is 303 g/mol. The van der Waals surface area contributed by atoms with Crippen LogP contribution < -0.4 is 4.74 Å². The maximum atomic E-state index is 5.46. The van der Waals surface area contributed by atoms with Crippen LogP contribution >= 0.6 is 22.6 Å². The van der Waals surface area contributed by atoms with Crippen LogP contribution in [0.15, 0.2) is 36.4 Å². The molecule has 0 aromatic heterocycles. The van der Waals surface area contributed by atoms with Crippen molar-refractivity contribution in [1.82, 2.24) is 0 Å². The second-order valence-electron chi connectivity index (χ2n) is 3.15. The summed E-state index contributed by atoms with van der Waals surface area (Å²) in [6.45, 7) is 0.286. The summed E-state index contributed by atoms with van der Waals surface area (Å²) in [7, 11) is 1.62. The first-order chi connectivity index (χ1) is 7.33. The lowest BCUT2D eigenvalue weighted by atomic mass is 10.1. The highest BCUT2D eigenvalue weighted by Crippen LogP contribution is 2.29. The molecule has 0 atom stereocenters. The van der Waals surface area contributed by atoms with Gasteiger partial charge in [-0.15, -0.1) is 0 Å². The normalized spacial score (nSPS) is 10.5. The van der Waals surface area contributed by atoms with Gasteiger partial charge in [-0.05, 0) is 39.4 Å². The third-order valence-corrected chi connectivity index (χ3v) is 3.27. The van der Waals surface area contributed by atoms with Crippen LogP contribution in [0.3, 0.4) is 0 Å². The van der Waals surface area contributed by atoms with Crippen LogP contribution in [0.2, 0.25) is 0 Å². The van der Waals surface area contributed by atoms with Crippen LogP contribution in [0.4, 0.5) is 0 Å². The van der Waals surface area contributed by atoms with Crippen molar-refractivity contribution in [2.24, 2.45) is 0 Å². The minimum absolute atomic E-state index is 0.286. The zero-order valence-electron chi connectivity index (χ0n) is 8.37.